The van der Waals surface area contributed by atoms with Gasteiger partial charge >= 0.3 is 5.97 Å². The van der Waals surface area contributed by atoms with Gasteiger partial charge in [-0.25, -0.2) is 0 Å². The summed E-state index contributed by atoms with van der Waals surface area (Å²) < 4.78 is 24.0. The summed E-state index contributed by atoms with van der Waals surface area (Å²) >= 11 is 0. The third-order valence-corrected chi connectivity index (χ3v) is 10.4. The SMILES string of the molecule is [2H]OC(=O)[C@H](C)CCC[C@@H](C)[C@H]1CC[C@H]2[C@H]3[C@H](CC[C@]12C)[C@@]1(C)CC[C@H](O)CC1=C[C@]3([2H])O[2H]. The Morgan fingerprint density at radius 2 is 2.00 bits per heavy atom. The van der Waals surface area contributed by atoms with Gasteiger partial charge in [-0.1, -0.05) is 52.2 Å². The summed E-state index contributed by atoms with van der Waals surface area (Å²) in [6, 6.07) is 0. The molecule has 0 bridgehead atoms. The molecule has 3 N–H and O–H groups in total. The Morgan fingerprint density at radius 3 is 2.74 bits per heavy atom. The quantitative estimate of drug-likeness (QED) is 0.466. The van der Waals surface area contributed by atoms with Gasteiger partial charge < -0.3 is 15.3 Å². The molecule has 4 aliphatic carbocycles. The molecular weight excluding hydrogens is 388 g/mol. The molecule has 10 atom stereocenters. The van der Waals surface area contributed by atoms with Gasteiger partial charge in [0.25, 0.3) is 1.43 Å². The highest BCUT2D eigenvalue weighted by atomic mass is 16.4. The summed E-state index contributed by atoms with van der Waals surface area (Å²) in [7, 11) is 0. The number of carboxylic acids is 1. The van der Waals surface area contributed by atoms with Crippen LogP contribution in [0.3, 0.4) is 0 Å². The molecule has 0 saturated heterocycles. The zero-order chi connectivity index (χ0) is 24.9. The molecule has 0 radical (unpaired) electrons. The average Bonchev–Trinajstić information content (AvgIpc) is 3.16. The Bertz CT molecular complexity index is 805. The summed E-state index contributed by atoms with van der Waals surface area (Å²) in [5.41, 5.74) is 1.27. The van der Waals surface area contributed by atoms with E-state index >= 15 is 0 Å². The predicted octanol–water partition coefficient (Wildman–Crippen LogP) is 5.42. The lowest BCUT2D eigenvalue weighted by Crippen LogP contribution is -2.54. The van der Waals surface area contributed by atoms with E-state index in [1.165, 1.54) is 0 Å². The van der Waals surface area contributed by atoms with E-state index in [1.54, 1.807) is 0 Å². The van der Waals surface area contributed by atoms with Crippen LogP contribution in [0.4, 0.5) is 0 Å². The van der Waals surface area contributed by atoms with E-state index in [4.69, 9.17) is 7.97 Å². The van der Waals surface area contributed by atoms with E-state index < -0.39 is 12.0 Å². The summed E-state index contributed by atoms with van der Waals surface area (Å²) in [5, 5.41) is 19.7. The zero-order valence-corrected chi connectivity index (χ0v) is 19.9. The minimum atomic E-state index is -1.34. The number of hydrogen-bond acceptors (Lipinski definition) is 4. The standard InChI is InChI=1S/C27H44O4/c1-16(6-5-7-17(2)25(30)31)20-8-9-21-24-22(11-13-27(20,21)4)26(3)12-10-19(28)14-18(26)15-23(24)29/h15-17,19-24,28-29H,5-14H2,1-4H3,(H,30,31)/t16-,17-,19+,20-,21+,22+,23+,24+,26+,27-/m1/s1/i23D,29D/hD. The second-order valence-electron chi connectivity index (χ2n) is 12.0. The van der Waals surface area contributed by atoms with Crippen LogP contribution in [0.5, 0.6) is 0 Å². The fourth-order valence-corrected chi connectivity index (χ4v) is 8.42. The first kappa shape index (κ1) is 19.6. The van der Waals surface area contributed by atoms with Crippen molar-refractivity contribution in [1.82, 2.24) is 0 Å². The van der Waals surface area contributed by atoms with Crippen LogP contribution in [0.25, 0.3) is 1.43 Å². The molecule has 0 heterocycles. The van der Waals surface area contributed by atoms with Gasteiger partial charge in [-0.05, 0) is 91.8 Å². The second-order valence-corrected chi connectivity index (χ2v) is 12.0. The maximum atomic E-state index is 11.6. The van der Waals surface area contributed by atoms with Gasteiger partial charge in [-0.3, -0.25) is 4.79 Å². The van der Waals surface area contributed by atoms with Gasteiger partial charge in [-0.15, -0.1) is 0 Å². The van der Waals surface area contributed by atoms with E-state index in [0.717, 1.165) is 63.4 Å². The Labute approximate surface area is 192 Å². The summed E-state index contributed by atoms with van der Waals surface area (Å²) in [4.78, 5) is 11.6. The number of carboxylic acid groups (broad SMARTS) is 1. The molecule has 4 nitrogen and oxygen atoms in total. The zero-order valence-electron chi connectivity index (χ0n) is 22.9. The van der Waals surface area contributed by atoms with E-state index in [1.807, 2.05) is 13.0 Å². The monoisotopic (exact) mass is 435 g/mol. The van der Waals surface area contributed by atoms with Gasteiger partial charge in [0.05, 0.1) is 19.5 Å². The number of aliphatic hydroxyl groups is 2. The molecule has 176 valence electrons. The van der Waals surface area contributed by atoms with Crippen molar-refractivity contribution in [1.29, 1.82) is 2.86 Å². The number of aliphatic hydroxyl groups excluding tert-OH is 1. The van der Waals surface area contributed by atoms with Gasteiger partial charge in [0.15, 0.2) is 0 Å². The third-order valence-electron chi connectivity index (χ3n) is 10.4. The van der Waals surface area contributed by atoms with E-state index in [9.17, 15) is 11.3 Å². The minimum absolute atomic E-state index is 0.000601. The van der Waals surface area contributed by atoms with Crippen molar-refractivity contribution in [2.45, 2.75) is 104 Å². The molecular formula is C27H44O4. The first-order chi connectivity index (χ1) is 16.0. The van der Waals surface area contributed by atoms with Crippen molar-refractivity contribution in [2.24, 2.45) is 46.3 Å². The molecule has 4 aliphatic rings. The average molecular weight is 436 g/mol. The number of fused-ring (bicyclic) bond motifs is 5. The molecule has 0 spiro atoms. The lowest BCUT2D eigenvalue weighted by molar-refractivity contribution is -0.141. The molecule has 4 rings (SSSR count). The highest BCUT2D eigenvalue weighted by Crippen LogP contribution is 2.67. The van der Waals surface area contributed by atoms with Crippen molar-refractivity contribution in [3.63, 3.8) is 0 Å². The second kappa shape index (κ2) is 8.48. The van der Waals surface area contributed by atoms with Crippen LogP contribution in [-0.2, 0) is 4.79 Å². The normalized spacial score (nSPS) is 49.9. The van der Waals surface area contributed by atoms with Crippen LogP contribution in [-0.4, -0.2) is 34.9 Å². The van der Waals surface area contributed by atoms with Crippen LogP contribution in [0.15, 0.2) is 11.6 Å². The van der Waals surface area contributed by atoms with E-state index in [-0.39, 0.29) is 28.8 Å². The fraction of sp³-hybridized carbons (Fsp3) is 0.889. The van der Waals surface area contributed by atoms with Crippen molar-refractivity contribution < 1.29 is 21.5 Å². The molecule has 3 saturated carbocycles. The van der Waals surface area contributed by atoms with Crippen LogP contribution in [0.1, 0.15) is 93.3 Å². The maximum absolute atomic E-state index is 11.6. The Morgan fingerprint density at radius 1 is 1.19 bits per heavy atom. The first-order valence-corrected chi connectivity index (χ1v) is 12.7. The summed E-state index contributed by atoms with van der Waals surface area (Å²) in [6.07, 6.45) is 9.80. The fourth-order valence-electron chi connectivity index (χ4n) is 8.42. The van der Waals surface area contributed by atoms with Crippen molar-refractivity contribution >= 4 is 5.97 Å². The molecule has 0 unspecified atom stereocenters. The minimum Gasteiger partial charge on any atom is -0.481 e. The van der Waals surface area contributed by atoms with Crippen molar-refractivity contribution in [3.05, 3.63) is 11.6 Å². The molecule has 0 aromatic heterocycles. The number of carbonyl (C=O) groups is 1. The molecule has 0 aromatic rings. The Balaban J connectivity index is 1.53. The summed E-state index contributed by atoms with van der Waals surface area (Å²) in [6.45, 7) is 8.95. The van der Waals surface area contributed by atoms with E-state index in [2.05, 4.69) is 25.9 Å². The lowest BCUT2D eigenvalue weighted by Gasteiger charge is -2.59. The molecule has 4 heteroatoms. The van der Waals surface area contributed by atoms with E-state index in [0.29, 0.717) is 30.1 Å². The van der Waals surface area contributed by atoms with Crippen LogP contribution in [0.2, 0.25) is 0 Å². The topological polar surface area (TPSA) is 77.8 Å². The smallest absolute Gasteiger partial charge is 0.306 e. The predicted molar refractivity (Wildman–Crippen MR) is 122 cm³/mol. The van der Waals surface area contributed by atoms with Gasteiger partial charge in [0, 0.05) is 0 Å². The molecule has 0 aliphatic heterocycles. The summed E-state index contributed by atoms with van der Waals surface area (Å²) in [5.74, 6) is 1.11. The maximum Gasteiger partial charge on any atom is 0.306 e. The lowest BCUT2D eigenvalue weighted by atomic mass is 9.46. The third kappa shape index (κ3) is 3.90. The Kier molecular flexibility index (Phi) is 5.36. The van der Waals surface area contributed by atoms with Gasteiger partial charge in [0.2, 0.25) is 1.43 Å². The molecule has 31 heavy (non-hydrogen) atoms. The Hall–Kier alpha value is -0.870. The van der Waals surface area contributed by atoms with Crippen LogP contribution >= 0.6 is 0 Å². The van der Waals surface area contributed by atoms with Gasteiger partial charge in [0.1, 0.15) is 0 Å². The number of rotatable bonds is 7. The molecule has 0 aromatic carbocycles. The van der Waals surface area contributed by atoms with Gasteiger partial charge in [-0.2, -0.15) is 0 Å². The van der Waals surface area contributed by atoms with Crippen molar-refractivity contribution in [2.75, 3.05) is 0 Å². The largest absolute Gasteiger partial charge is 0.481 e. The number of aliphatic carboxylic acids is 1. The van der Waals surface area contributed by atoms with Crippen LogP contribution in [0, 0.1) is 46.3 Å². The highest BCUT2D eigenvalue weighted by Gasteiger charge is 2.61. The highest BCUT2D eigenvalue weighted by molar-refractivity contribution is 5.69. The first-order valence-electron chi connectivity index (χ1n) is 14.0. The van der Waals surface area contributed by atoms with Crippen molar-refractivity contribution in [3.8, 4) is 0 Å². The van der Waals surface area contributed by atoms with Crippen LogP contribution < -0.4 is 0 Å². The molecule has 0 amide bonds. The molecule has 3 fully saturated rings. The number of hydrogen-bond donors (Lipinski definition) is 3.